The molecule has 1 aromatic carbocycles. The molecule has 0 saturated carbocycles. The van der Waals surface area contributed by atoms with Crippen molar-refractivity contribution in [3.63, 3.8) is 0 Å². The van der Waals surface area contributed by atoms with Crippen molar-refractivity contribution in [2.45, 2.75) is 6.10 Å². The van der Waals surface area contributed by atoms with Crippen LogP contribution in [0.25, 0.3) is 11.3 Å². The van der Waals surface area contributed by atoms with Crippen molar-refractivity contribution >= 4 is 17.5 Å². The van der Waals surface area contributed by atoms with Gasteiger partial charge in [-0.3, -0.25) is 9.89 Å². The molecule has 28 heavy (non-hydrogen) atoms. The molecule has 0 aliphatic carbocycles. The van der Waals surface area contributed by atoms with E-state index in [1.807, 2.05) is 18.2 Å². The normalized spacial score (nSPS) is 15.4. The Labute approximate surface area is 165 Å². The molecule has 1 N–H and O–H groups in total. The number of likely N-dealkylation sites (tertiary alicyclic amines) is 1. The van der Waals surface area contributed by atoms with Gasteiger partial charge in [-0.25, -0.2) is 4.98 Å². The van der Waals surface area contributed by atoms with E-state index in [1.165, 1.54) is 6.20 Å². The molecule has 1 fully saturated rings. The van der Waals surface area contributed by atoms with Crippen LogP contribution in [-0.4, -0.2) is 52.0 Å². The first-order valence-electron chi connectivity index (χ1n) is 8.68. The highest BCUT2D eigenvalue weighted by atomic mass is 35.5. The lowest BCUT2D eigenvalue weighted by atomic mass is 10.1. The van der Waals surface area contributed by atoms with Crippen LogP contribution in [0.15, 0.2) is 42.6 Å². The van der Waals surface area contributed by atoms with E-state index in [2.05, 4.69) is 15.2 Å². The molecule has 0 atom stereocenters. The molecule has 2 aliphatic heterocycles. The summed E-state index contributed by atoms with van der Waals surface area (Å²) in [5.74, 6) is 1.75. The van der Waals surface area contributed by atoms with Gasteiger partial charge < -0.3 is 19.1 Å². The number of ether oxygens (including phenoxy) is 3. The Morgan fingerprint density at radius 2 is 2.04 bits per heavy atom. The Morgan fingerprint density at radius 3 is 2.86 bits per heavy atom. The topological polar surface area (TPSA) is 89.6 Å². The number of aromatic nitrogens is 3. The SMILES string of the molecule is O=C(c1cc(-c2ccc3c(c2)OCO3)n[nH]1)N1CC(Oc2ccc(Cl)cn2)C1. The van der Waals surface area contributed by atoms with Gasteiger partial charge in [-0.05, 0) is 30.3 Å². The van der Waals surface area contributed by atoms with Crippen molar-refractivity contribution in [3.8, 4) is 28.6 Å². The van der Waals surface area contributed by atoms with Crippen molar-refractivity contribution in [3.05, 3.63) is 53.3 Å². The molecule has 2 aromatic heterocycles. The predicted molar refractivity (Wildman–Crippen MR) is 99.7 cm³/mol. The Bertz CT molecular complexity index is 1030. The maximum absolute atomic E-state index is 12.6. The first-order valence-corrected chi connectivity index (χ1v) is 9.06. The van der Waals surface area contributed by atoms with Crippen molar-refractivity contribution < 1.29 is 19.0 Å². The molecule has 3 aromatic rings. The van der Waals surface area contributed by atoms with Crippen molar-refractivity contribution in [2.24, 2.45) is 0 Å². The number of benzene rings is 1. The summed E-state index contributed by atoms with van der Waals surface area (Å²) in [6.45, 7) is 1.19. The lowest BCUT2D eigenvalue weighted by Gasteiger charge is -2.38. The zero-order chi connectivity index (χ0) is 19.1. The first-order chi connectivity index (χ1) is 13.7. The first kappa shape index (κ1) is 16.9. The van der Waals surface area contributed by atoms with Crippen LogP contribution in [0.1, 0.15) is 10.5 Å². The number of nitrogens with one attached hydrogen (secondary N) is 1. The van der Waals surface area contributed by atoms with Crippen molar-refractivity contribution in [2.75, 3.05) is 19.9 Å². The molecular formula is C19H15ClN4O4. The number of halogens is 1. The molecule has 4 heterocycles. The molecule has 5 rings (SSSR count). The average molecular weight is 399 g/mol. The van der Waals surface area contributed by atoms with Gasteiger partial charge in [0.15, 0.2) is 11.5 Å². The van der Waals surface area contributed by atoms with Gasteiger partial charge in [0, 0.05) is 17.8 Å². The lowest BCUT2D eigenvalue weighted by molar-refractivity contribution is 0.0156. The van der Waals surface area contributed by atoms with Crippen LogP contribution in [0.5, 0.6) is 17.4 Å². The molecule has 0 spiro atoms. The Morgan fingerprint density at radius 1 is 1.18 bits per heavy atom. The second-order valence-corrected chi connectivity index (χ2v) is 6.94. The highest BCUT2D eigenvalue weighted by molar-refractivity contribution is 6.30. The second kappa shape index (κ2) is 6.72. The zero-order valence-corrected chi connectivity index (χ0v) is 15.3. The van der Waals surface area contributed by atoms with Crippen LogP contribution in [-0.2, 0) is 0 Å². The van der Waals surface area contributed by atoms with Gasteiger partial charge in [0.1, 0.15) is 11.8 Å². The standard InChI is InChI=1S/C19H15ClN4O4/c20-12-2-4-18(21-7-12)28-13-8-24(9-13)19(25)15-6-14(22-23-15)11-1-3-16-17(5-11)27-10-26-16/h1-7,13H,8-10H2,(H,22,23). The molecule has 9 heteroatoms. The van der Waals surface area contributed by atoms with Crippen molar-refractivity contribution in [1.29, 1.82) is 0 Å². The summed E-state index contributed by atoms with van der Waals surface area (Å²) in [4.78, 5) is 18.4. The summed E-state index contributed by atoms with van der Waals surface area (Å²) in [5, 5.41) is 7.61. The summed E-state index contributed by atoms with van der Waals surface area (Å²) in [7, 11) is 0. The minimum Gasteiger partial charge on any atom is -0.471 e. The van der Waals surface area contributed by atoms with E-state index in [0.29, 0.717) is 46.9 Å². The number of carbonyl (C=O) groups excluding carboxylic acids is 1. The number of fused-ring (bicyclic) bond motifs is 1. The number of amides is 1. The molecule has 142 valence electrons. The van der Waals surface area contributed by atoms with Crippen molar-refractivity contribution in [1.82, 2.24) is 20.1 Å². The van der Waals surface area contributed by atoms with Crippen LogP contribution in [0.4, 0.5) is 0 Å². The average Bonchev–Trinajstić information content (AvgIpc) is 3.34. The fraction of sp³-hybridized carbons (Fsp3) is 0.211. The van der Waals surface area contributed by atoms with E-state index in [9.17, 15) is 4.79 Å². The smallest absolute Gasteiger partial charge is 0.272 e. The highest BCUT2D eigenvalue weighted by Gasteiger charge is 2.34. The second-order valence-electron chi connectivity index (χ2n) is 6.50. The number of hydrogen-bond donors (Lipinski definition) is 1. The van der Waals surface area contributed by atoms with Crippen LogP contribution >= 0.6 is 11.6 Å². The Kier molecular flexibility index (Phi) is 4.05. The Balaban J connectivity index is 1.22. The van der Waals surface area contributed by atoms with Crippen LogP contribution in [0, 0.1) is 0 Å². The fourth-order valence-corrected chi connectivity index (χ4v) is 3.20. The third-order valence-electron chi connectivity index (χ3n) is 4.60. The van der Waals surface area contributed by atoms with E-state index in [4.69, 9.17) is 25.8 Å². The number of aromatic amines is 1. The van der Waals surface area contributed by atoms with Gasteiger partial charge in [-0.1, -0.05) is 11.6 Å². The maximum atomic E-state index is 12.6. The van der Waals surface area contributed by atoms with Crippen LogP contribution < -0.4 is 14.2 Å². The summed E-state index contributed by atoms with van der Waals surface area (Å²) in [5.41, 5.74) is 1.94. The van der Waals surface area contributed by atoms with E-state index >= 15 is 0 Å². The molecular weight excluding hydrogens is 384 g/mol. The monoisotopic (exact) mass is 398 g/mol. The van der Waals surface area contributed by atoms with E-state index in [0.717, 1.165) is 5.56 Å². The molecule has 1 saturated heterocycles. The fourth-order valence-electron chi connectivity index (χ4n) is 3.09. The highest BCUT2D eigenvalue weighted by Crippen LogP contribution is 2.35. The maximum Gasteiger partial charge on any atom is 0.272 e. The summed E-state index contributed by atoms with van der Waals surface area (Å²) >= 11 is 5.81. The van der Waals surface area contributed by atoms with Gasteiger partial charge in [0.2, 0.25) is 12.7 Å². The largest absolute Gasteiger partial charge is 0.471 e. The summed E-state index contributed by atoms with van der Waals surface area (Å²) < 4.78 is 16.4. The minimum atomic E-state index is -0.122. The third kappa shape index (κ3) is 3.11. The van der Waals surface area contributed by atoms with Crippen LogP contribution in [0.3, 0.4) is 0 Å². The molecule has 0 radical (unpaired) electrons. The van der Waals surface area contributed by atoms with Gasteiger partial charge >= 0.3 is 0 Å². The number of hydrogen-bond acceptors (Lipinski definition) is 6. The lowest BCUT2D eigenvalue weighted by Crippen LogP contribution is -2.56. The summed E-state index contributed by atoms with van der Waals surface area (Å²) in [6.07, 6.45) is 1.44. The van der Waals surface area contributed by atoms with Gasteiger partial charge in [0.25, 0.3) is 5.91 Å². The van der Waals surface area contributed by atoms with Gasteiger partial charge in [-0.15, -0.1) is 0 Å². The van der Waals surface area contributed by atoms with E-state index in [1.54, 1.807) is 23.1 Å². The number of carbonyl (C=O) groups is 1. The molecule has 2 aliphatic rings. The Hall–Kier alpha value is -3.26. The summed E-state index contributed by atoms with van der Waals surface area (Å²) in [6, 6.07) is 10.7. The zero-order valence-electron chi connectivity index (χ0n) is 14.6. The molecule has 1 amide bonds. The number of nitrogens with zero attached hydrogens (tertiary/aromatic N) is 3. The third-order valence-corrected chi connectivity index (χ3v) is 4.82. The number of H-pyrrole nitrogens is 1. The predicted octanol–water partition coefficient (Wildman–Crippen LogP) is 2.76. The number of rotatable bonds is 4. The van der Waals surface area contributed by atoms with Gasteiger partial charge in [0.05, 0.1) is 23.8 Å². The van der Waals surface area contributed by atoms with Gasteiger partial charge in [-0.2, -0.15) is 5.10 Å². The minimum absolute atomic E-state index is 0.0890. The number of pyridine rings is 1. The van der Waals surface area contributed by atoms with E-state index in [-0.39, 0.29) is 18.8 Å². The quantitative estimate of drug-likeness (QED) is 0.726. The molecule has 0 unspecified atom stereocenters. The molecule has 0 bridgehead atoms. The molecule has 8 nitrogen and oxygen atoms in total. The van der Waals surface area contributed by atoms with Crippen LogP contribution in [0.2, 0.25) is 5.02 Å². The van der Waals surface area contributed by atoms with E-state index < -0.39 is 0 Å².